The molecule has 29 heavy (non-hydrogen) atoms. The number of rotatable bonds is 6. The molecule has 1 unspecified atom stereocenters. The Bertz CT molecular complexity index is 974. The van der Waals surface area contributed by atoms with E-state index in [9.17, 15) is 19.8 Å². The van der Waals surface area contributed by atoms with Gasteiger partial charge in [0.1, 0.15) is 11.5 Å². The maximum absolute atomic E-state index is 12.8. The number of hydrogen-bond donors (Lipinski definition) is 2. The Morgan fingerprint density at radius 3 is 2.52 bits per heavy atom. The quantitative estimate of drug-likeness (QED) is 0.279. The number of hydrogen-bond acceptors (Lipinski definition) is 5. The Labute approximate surface area is 181 Å². The van der Waals surface area contributed by atoms with Gasteiger partial charge in [0.05, 0.1) is 16.6 Å². The molecule has 1 aliphatic heterocycles. The molecule has 0 aromatic heterocycles. The Kier molecular flexibility index (Phi) is 6.62. The molecule has 1 amide bonds. The number of likely N-dealkylation sites (tertiary alicyclic amines) is 1. The summed E-state index contributed by atoms with van der Waals surface area (Å²) in [6, 6.07) is 10.4. The number of amides is 1. The molecule has 1 aliphatic rings. The van der Waals surface area contributed by atoms with E-state index in [1.54, 1.807) is 37.4 Å². The topological polar surface area (TPSA) is 87.1 Å². The first kappa shape index (κ1) is 21.4. The number of nitrogens with zero attached hydrogens (tertiary/aromatic N) is 1. The molecule has 1 fully saturated rings. The van der Waals surface area contributed by atoms with Crippen LogP contribution in [0.5, 0.6) is 5.75 Å². The molecule has 1 heterocycles. The van der Waals surface area contributed by atoms with Gasteiger partial charge in [-0.3, -0.25) is 9.59 Å². The molecule has 1 atom stereocenters. The zero-order chi connectivity index (χ0) is 21.1. The van der Waals surface area contributed by atoms with Gasteiger partial charge in [-0.2, -0.15) is 0 Å². The summed E-state index contributed by atoms with van der Waals surface area (Å²) in [4.78, 5) is 27.0. The number of aromatic hydroxyl groups is 1. The van der Waals surface area contributed by atoms with Gasteiger partial charge in [-0.25, -0.2) is 0 Å². The van der Waals surface area contributed by atoms with Crippen molar-refractivity contribution < 1.29 is 24.5 Å². The first-order valence-corrected chi connectivity index (χ1v) is 10.0. The van der Waals surface area contributed by atoms with Gasteiger partial charge < -0.3 is 19.8 Å². The molecule has 152 valence electrons. The number of aliphatic hydroxyl groups excluding tert-OH is 1. The van der Waals surface area contributed by atoms with Gasteiger partial charge in [-0.15, -0.1) is 0 Å². The summed E-state index contributed by atoms with van der Waals surface area (Å²) in [5.74, 6) is -1.84. The minimum Gasteiger partial charge on any atom is -0.507 e. The lowest BCUT2D eigenvalue weighted by atomic mass is 9.95. The highest BCUT2D eigenvalue weighted by atomic mass is 79.9. The predicted octanol–water partition coefficient (Wildman–Crippen LogP) is 4.27. The smallest absolute Gasteiger partial charge is 0.295 e. The molecular weight excluding hydrogens is 462 g/mol. The average molecular weight is 481 g/mol. The minimum atomic E-state index is -0.825. The monoisotopic (exact) mass is 479 g/mol. The number of carbonyl (C=O) groups excluding carboxylic acids is 2. The number of aliphatic hydroxyl groups is 1. The van der Waals surface area contributed by atoms with E-state index in [0.717, 1.165) is 4.47 Å². The number of benzene rings is 2. The van der Waals surface area contributed by atoms with Crippen LogP contribution >= 0.6 is 27.5 Å². The standard InChI is InChI=1S/C21H19BrClNO5/c1-29-10-2-9-24-18(13-5-8-16(25)15(23)11-13)17(20(27)21(24)28)19(26)12-3-6-14(22)7-4-12/h3-8,11,18,25-26H,2,9-10H2,1H3/b19-17-. The second kappa shape index (κ2) is 8.98. The molecule has 0 spiro atoms. The molecule has 0 aliphatic carbocycles. The number of carbonyl (C=O) groups is 2. The van der Waals surface area contributed by atoms with Crippen molar-refractivity contribution in [1.82, 2.24) is 4.90 Å². The van der Waals surface area contributed by atoms with Crippen molar-refractivity contribution in [2.24, 2.45) is 0 Å². The van der Waals surface area contributed by atoms with E-state index >= 15 is 0 Å². The van der Waals surface area contributed by atoms with Crippen LogP contribution in [0, 0.1) is 0 Å². The lowest BCUT2D eigenvalue weighted by Gasteiger charge is -2.25. The van der Waals surface area contributed by atoms with Gasteiger partial charge >= 0.3 is 0 Å². The average Bonchev–Trinajstić information content (AvgIpc) is 2.95. The second-order valence-electron chi connectivity index (χ2n) is 6.56. The van der Waals surface area contributed by atoms with Crippen LogP contribution in [0.25, 0.3) is 5.76 Å². The highest BCUT2D eigenvalue weighted by Crippen LogP contribution is 2.41. The second-order valence-corrected chi connectivity index (χ2v) is 7.88. The van der Waals surface area contributed by atoms with E-state index in [0.29, 0.717) is 24.2 Å². The van der Waals surface area contributed by atoms with E-state index in [-0.39, 0.29) is 28.6 Å². The Morgan fingerprint density at radius 2 is 1.90 bits per heavy atom. The Balaban J connectivity index is 2.14. The van der Waals surface area contributed by atoms with E-state index in [4.69, 9.17) is 16.3 Å². The van der Waals surface area contributed by atoms with Crippen LogP contribution in [0.4, 0.5) is 0 Å². The lowest BCUT2D eigenvalue weighted by molar-refractivity contribution is -0.140. The van der Waals surface area contributed by atoms with Crippen LogP contribution in [0.3, 0.4) is 0 Å². The van der Waals surface area contributed by atoms with Gasteiger partial charge in [0.15, 0.2) is 0 Å². The number of ketones is 1. The first-order chi connectivity index (χ1) is 13.8. The van der Waals surface area contributed by atoms with Crippen molar-refractivity contribution in [2.75, 3.05) is 20.3 Å². The molecule has 3 rings (SSSR count). The molecule has 2 aromatic carbocycles. The van der Waals surface area contributed by atoms with Crippen molar-refractivity contribution in [3.63, 3.8) is 0 Å². The SMILES string of the molecule is COCCCN1C(=O)C(=O)/C(=C(\O)c2ccc(Br)cc2)C1c1ccc(O)c(Cl)c1. The van der Waals surface area contributed by atoms with Crippen molar-refractivity contribution in [2.45, 2.75) is 12.5 Å². The number of halogens is 2. The summed E-state index contributed by atoms with van der Waals surface area (Å²) in [7, 11) is 1.55. The Morgan fingerprint density at radius 1 is 1.21 bits per heavy atom. The summed E-state index contributed by atoms with van der Waals surface area (Å²) < 4.78 is 5.87. The third-order valence-corrected chi connectivity index (χ3v) is 5.52. The van der Waals surface area contributed by atoms with Crippen molar-refractivity contribution in [3.05, 3.63) is 68.7 Å². The van der Waals surface area contributed by atoms with E-state index in [2.05, 4.69) is 15.9 Å². The molecule has 2 N–H and O–H groups in total. The lowest BCUT2D eigenvalue weighted by Crippen LogP contribution is -2.31. The van der Waals surface area contributed by atoms with Crippen LogP contribution in [0.1, 0.15) is 23.6 Å². The van der Waals surface area contributed by atoms with E-state index in [1.165, 1.54) is 17.0 Å². The van der Waals surface area contributed by atoms with Crippen LogP contribution in [-0.2, 0) is 14.3 Å². The molecule has 8 heteroatoms. The van der Waals surface area contributed by atoms with Gasteiger partial charge in [0.2, 0.25) is 0 Å². The van der Waals surface area contributed by atoms with E-state index in [1.807, 2.05) is 0 Å². The van der Waals surface area contributed by atoms with Gasteiger partial charge in [-0.1, -0.05) is 45.7 Å². The zero-order valence-corrected chi connectivity index (χ0v) is 17.9. The summed E-state index contributed by atoms with van der Waals surface area (Å²) in [5.41, 5.74) is 0.914. The number of methoxy groups -OCH3 is 1. The van der Waals surface area contributed by atoms with Crippen LogP contribution in [0.2, 0.25) is 5.02 Å². The highest BCUT2D eigenvalue weighted by Gasteiger charge is 2.45. The third kappa shape index (κ3) is 4.32. The minimum absolute atomic E-state index is 0.0171. The molecule has 1 saturated heterocycles. The number of phenolic OH excluding ortho intramolecular Hbond substituents is 1. The fraction of sp³-hybridized carbons (Fsp3) is 0.238. The fourth-order valence-corrected chi connectivity index (χ4v) is 3.75. The van der Waals surface area contributed by atoms with Crippen molar-refractivity contribution in [3.8, 4) is 5.75 Å². The molecule has 0 radical (unpaired) electrons. The molecular formula is C21H19BrClNO5. The summed E-state index contributed by atoms with van der Waals surface area (Å²) in [6.07, 6.45) is 0.518. The first-order valence-electron chi connectivity index (χ1n) is 8.87. The Hall–Kier alpha value is -2.35. The predicted molar refractivity (Wildman–Crippen MR) is 113 cm³/mol. The maximum atomic E-state index is 12.8. The number of ether oxygens (including phenoxy) is 1. The van der Waals surface area contributed by atoms with Crippen LogP contribution in [-0.4, -0.2) is 47.1 Å². The summed E-state index contributed by atoms with van der Waals surface area (Å²) in [6.45, 7) is 0.678. The largest absolute Gasteiger partial charge is 0.507 e. The van der Waals surface area contributed by atoms with Crippen molar-refractivity contribution >= 4 is 45.0 Å². The van der Waals surface area contributed by atoms with Gasteiger partial charge in [0, 0.05) is 30.3 Å². The maximum Gasteiger partial charge on any atom is 0.295 e. The highest BCUT2D eigenvalue weighted by molar-refractivity contribution is 9.10. The van der Waals surface area contributed by atoms with Gasteiger partial charge in [-0.05, 0) is 36.2 Å². The molecule has 6 nitrogen and oxygen atoms in total. The molecule has 2 aromatic rings. The number of phenols is 1. The van der Waals surface area contributed by atoms with E-state index < -0.39 is 17.7 Å². The molecule has 0 bridgehead atoms. The van der Waals surface area contributed by atoms with Crippen LogP contribution < -0.4 is 0 Å². The fourth-order valence-electron chi connectivity index (χ4n) is 3.29. The zero-order valence-electron chi connectivity index (χ0n) is 15.6. The van der Waals surface area contributed by atoms with Crippen LogP contribution in [0.15, 0.2) is 52.5 Å². The normalized spacial score (nSPS) is 18.4. The third-order valence-electron chi connectivity index (χ3n) is 4.69. The molecule has 0 saturated carbocycles. The van der Waals surface area contributed by atoms with Crippen molar-refractivity contribution in [1.29, 1.82) is 0 Å². The number of Topliss-reactive ketones (excluding diaryl/α,β-unsaturated/α-hetero) is 1. The summed E-state index contributed by atoms with van der Waals surface area (Å²) in [5, 5.41) is 20.7. The summed E-state index contributed by atoms with van der Waals surface area (Å²) >= 11 is 9.39. The van der Waals surface area contributed by atoms with Gasteiger partial charge in [0.25, 0.3) is 11.7 Å².